The fourth-order valence-corrected chi connectivity index (χ4v) is 4.04. The number of nitrogens with two attached hydrogens (primary N) is 1. The van der Waals surface area contributed by atoms with Crippen LogP contribution < -0.4 is 16.0 Å². The molecule has 2 atom stereocenters. The lowest BCUT2D eigenvalue weighted by Crippen LogP contribution is -2.47. The van der Waals surface area contributed by atoms with Gasteiger partial charge in [0.1, 0.15) is 11.6 Å². The molecule has 0 radical (unpaired) electrons. The minimum Gasteiger partial charge on any atom is -0.475 e. The van der Waals surface area contributed by atoms with E-state index in [9.17, 15) is 35.1 Å². The summed E-state index contributed by atoms with van der Waals surface area (Å²) in [6.45, 7) is 3.81. The molecule has 1 saturated heterocycles. The molecule has 1 aliphatic rings. The average molecular weight is 664 g/mol. The summed E-state index contributed by atoms with van der Waals surface area (Å²) >= 11 is 0. The first kappa shape index (κ1) is 35.4. The summed E-state index contributed by atoms with van der Waals surface area (Å²) in [7, 11) is 0. The molecular formula is C27H25F8N7O4. The standard InChI is InChI=1S/C23H23F2N7.2C2HF3O2/c1-14-8-10-31(13-18(14)26)21-7-9-27-12-20(21)29-23-28-11-15-5-6-19(30-32(15)23)22-16(24)3-2-4-17(22)25;2*3-2(4,5)1(6)7/h2-7,9,11-12,14,18H,8,10,13,26H2,1H3,(H,28,29);2*(H,6,7)/t14-,18+;;/m1../s1. The SMILES string of the molecule is C[C@@H]1CCN(c2ccncc2Nc2ncc3ccc(-c4c(F)cccc4F)nn23)C[C@@H]1N.O=C(O)C(F)(F)F.O=C(O)C(F)(F)F. The van der Waals surface area contributed by atoms with E-state index in [4.69, 9.17) is 25.5 Å². The molecule has 0 amide bonds. The second-order valence-corrected chi connectivity index (χ2v) is 9.73. The maximum absolute atomic E-state index is 14.3. The van der Waals surface area contributed by atoms with Crippen LogP contribution >= 0.6 is 0 Å². The number of aromatic nitrogens is 4. The van der Waals surface area contributed by atoms with Crippen LogP contribution in [0.1, 0.15) is 13.3 Å². The average Bonchev–Trinajstić information content (AvgIpc) is 3.36. The van der Waals surface area contributed by atoms with Gasteiger partial charge in [-0.05, 0) is 42.7 Å². The number of carboxylic acid groups (broad SMARTS) is 2. The number of fused-ring (bicyclic) bond motifs is 1. The fraction of sp³-hybridized carbons (Fsp3) is 0.296. The first-order chi connectivity index (χ1) is 21.4. The predicted octanol–water partition coefficient (Wildman–Crippen LogP) is 5.25. The minimum atomic E-state index is -5.08. The van der Waals surface area contributed by atoms with Gasteiger partial charge in [-0.25, -0.2) is 23.4 Å². The van der Waals surface area contributed by atoms with Gasteiger partial charge in [0, 0.05) is 25.3 Å². The van der Waals surface area contributed by atoms with E-state index in [1.807, 2.05) is 6.07 Å². The highest BCUT2D eigenvalue weighted by Crippen LogP contribution is 2.31. The van der Waals surface area contributed by atoms with Gasteiger partial charge in [-0.15, -0.1) is 0 Å². The number of carbonyl (C=O) groups is 2. The number of halogens is 8. The van der Waals surface area contributed by atoms with Crippen molar-refractivity contribution >= 4 is 34.8 Å². The van der Waals surface area contributed by atoms with Crippen molar-refractivity contribution in [3.05, 3.63) is 66.6 Å². The van der Waals surface area contributed by atoms with Crippen LogP contribution in [0, 0.1) is 17.6 Å². The maximum Gasteiger partial charge on any atom is 0.490 e. The summed E-state index contributed by atoms with van der Waals surface area (Å²) in [5.74, 6) is -5.96. The summed E-state index contributed by atoms with van der Waals surface area (Å²) in [5.41, 5.74) is 8.71. The number of alkyl halides is 6. The summed E-state index contributed by atoms with van der Waals surface area (Å²) in [6, 6.07) is 9.09. The molecule has 11 nitrogen and oxygen atoms in total. The summed E-state index contributed by atoms with van der Waals surface area (Å²) < 4.78 is 93.6. The van der Waals surface area contributed by atoms with E-state index in [0.717, 1.165) is 30.9 Å². The minimum absolute atomic E-state index is 0.0944. The normalized spacial score (nSPS) is 16.5. The van der Waals surface area contributed by atoms with Crippen LogP contribution in [0.2, 0.25) is 0 Å². The lowest BCUT2D eigenvalue weighted by molar-refractivity contribution is -0.193. The number of nitrogens with zero attached hydrogens (tertiary/aromatic N) is 5. The van der Waals surface area contributed by atoms with Gasteiger partial charge in [-0.1, -0.05) is 13.0 Å². The van der Waals surface area contributed by atoms with E-state index in [1.54, 1.807) is 30.7 Å². The largest absolute Gasteiger partial charge is 0.490 e. The third-order valence-corrected chi connectivity index (χ3v) is 6.49. The first-order valence-electron chi connectivity index (χ1n) is 13.0. The third-order valence-electron chi connectivity index (χ3n) is 6.49. The lowest BCUT2D eigenvalue weighted by atomic mass is 9.94. The van der Waals surface area contributed by atoms with Gasteiger partial charge >= 0.3 is 24.3 Å². The predicted molar refractivity (Wildman–Crippen MR) is 147 cm³/mol. The molecule has 0 bridgehead atoms. The van der Waals surface area contributed by atoms with Gasteiger partial charge in [0.2, 0.25) is 5.95 Å². The van der Waals surface area contributed by atoms with Crippen LogP contribution in [-0.4, -0.2) is 73.2 Å². The van der Waals surface area contributed by atoms with E-state index in [-0.39, 0.29) is 17.3 Å². The first-order valence-corrected chi connectivity index (χ1v) is 13.0. The number of aliphatic carboxylic acids is 2. The van der Waals surface area contributed by atoms with Crippen molar-refractivity contribution in [3.63, 3.8) is 0 Å². The molecule has 248 valence electrons. The Morgan fingerprint density at radius 3 is 2.09 bits per heavy atom. The van der Waals surface area contributed by atoms with Crippen LogP contribution in [0.3, 0.4) is 0 Å². The highest BCUT2D eigenvalue weighted by Gasteiger charge is 2.39. The van der Waals surface area contributed by atoms with Gasteiger partial charge in [-0.2, -0.15) is 36.0 Å². The Morgan fingerprint density at radius 2 is 1.54 bits per heavy atom. The maximum atomic E-state index is 14.3. The Balaban J connectivity index is 0.000000345. The van der Waals surface area contributed by atoms with Crippen LogP contribution in [-0.2, 0) is 9.59 Å². The summed E-state index contributed by atoms with van der Waals surface area (Å²) in [4.78, 5) is 28.7. The van der Waals surface area contributed by atoms with E-state index in [1.165, 1.54) is 22.7 Å². The summed E-state index contributed by atoms with van der Waals surface area (Å²) in [6.07, 6.45) is -4.05. The van der Waals surface area contributed by atoms with Crippen molar-refractivity contribution in [2.45, 2.75) is 31.7 Å². The van der Waals surface area contributed by atoms with Gasteiger partial charge in [0.15, 0.2) is 0 Å². The molecule has 46 heavy (non-hydrogen) atoms. The molecule has 0 aliphatic carbocycles. The molecule has 0 unspecified atom stereocenters. The van der Waals surface area contributed by atoms with Crippen molar-refractivity contribution in [3.8, 4) is 11.3 Å². The molecule has 4 heterocycles. The van der Waals surface area contributed by atoms with Crippen LogP contribution in [0.25, 0.3) is 16.8 Å². The monoisotopic (exact) mass is 663 g/mol. The number of benzene rings is 1. The number of rotatable bonds is 4. The van der Waals surface area contributed by atoms with Crippen molar-refractivity contribution in [2.75, 3.05) is 23.3 Å². The Bertz CT molecular complexity index is 1640. The molecule has 1 aliphatic heterocycles. The van der Waals surface area contributed by atoms with Crippen molar-refractivity contribution < 1.29 is 54.9 Å². The molecule has 1 aromatic carbocycles. The number of carboxylic acids is 2. The van der Waals surface area contributed by atoms with Crippen LogP contribution in [0.4, 0.5) is 52.4 Å². The summed E-state index contributed by atoms with van der Waals surface area (Å²) in [5, 5.41) is 22.0. The third kappa shape index (κ3) is 8.99. The Morgan fingerprint density at radius 1 is 0.957 bits per heavy atom. The van der Waals surface area contributed by atoms with Gasteiger partial charge in [-0.3, -0.25) is 4.98 Å². The second kappa shape index (κ2) is 14.4. The lowest BCUT2D eigenvalue weighted by Gasteiger charge is -2.37. The number of piperidine rings is 1. The van der Waals surface area contributed by atoms with Crippen molar-refractivity contribution in [1.82, 2.24) is 19.6 Å². The second-order valence-electron chi connectivity index (χ2n) is 9.73. The topological polar surface area (TPSA) is 159 Å². The number of nitrogens with one attached hydrogen (secondary N) is 1. The number of imidazole rings is 1. The van der Waals surface area contributed by atoms with E-state index >= 15 is 0 Å². The molecule has 5 rings (SSSR count). The Hall–Kier alpha value is -5.07. The molecule has 0 spiro atoms. The quantitative estimate of drug-likeness (QED) is 0.213. The zero-order chi connectivity index (χ0) is 34.4. The Kier molecular flexibility index (Phi) is 11.0. The molecule has 5 N–H and O–H groups in total. The van der Waals surface area contributed by atoms with E-state index in [0.29, 0.717) is 17.4 Å². The molecule has 1 fully saturated rings. The van der Waals surface area contributed by atoms with E-state index < -0.39 is 35.9 Å². The van der Waals surface area contributed by atoms with Crippen molar-refractivity contribution in [2.24, 2.45) is 11.7 Å². The van der Waals surface area contributed by atoms with Crippen LogP contribution in [0.15, 0.2) is 55.0 Å². The molecule has 19 heteroatoms. The molecule has 4 aromatic rings. The Labute approximate surface area is 254 Å². The number of hydrogen-bond acceptors (Lipinski definition) is 8. The number of anilines is 3. The zero-order valence-electron chi connectivity index (χ0n) is 23.5. The van der Waals surface area contributed by atoms with Crippen molar-refractivity contribution in [1.29, 1.82) is 0 Å². The molecule has 3 aromatic heterocycles. The fourth-order valence-electron chi connectivity index (χ4n) is 4.04. The molecular weight excluding hydrogens is 638 g/mol. The molecule has 0 saturated carbocycles. The van der Waals surface area contributed by atoms with Crippen LogP contribution in [0.5, 0.6) is 0 Å². The van der Waals surface area contributed by atoms with Gasteiger partial charge < -0.3 is 26.2 Å². The number of pyridine rings is 1. The highest BCUT2D eigenvalue weighted by atomic mass is 19.4. The smallest absolute Gasteiger partial charge is 0.475 e. The zero-order valence-corrected chi connectivity index (χ0v) is 23.5. The number of hydrogen-bond donors (Lipinski definition) is 4. The van der Waals surface area contributed by atoms with E-state index in [2.05, 4.69) is 32.2 Å². The van der Waals surface area contributed by atoms with Gasteiger partial charge in [0.25, 0.3) is 0 Å². The highest BCUT2D eigenvalue weighted by molar-refractivity contribution is 5.74. The van der Waals surface area contributed by atoms with Gasteiger partial charge in [0.05, 0.1) is 40.5 Å².